The summed E-state index contributed by atoms with van der Waals surface area (Å²) in [6.45, 7) is 2.11. The Morgan fingerprint density at radius 2 is 1.19 bits per heavy atom. The third kappa shape index (κ3) is 10.6. The molecule has 0 aromatic heterocycles. The summed E-state index contributed by atoms with van der Waals surface area (Å²) in [6, 6.07) is 19.8. The van der Waals surface area contributed by atoms with Crippen molar-refractivity contribution in [1.29, 1.82) is 0 Å². The first kappa shape index (κ1) is 35.5. The molecule has 4 rings (SSSR count). The molecule has 1 amide bonds. The third-order valence-electron chi connectivity index (χ3n) is 6.58. The molecule has 0 saturated heterocycles. The minimum atomic E-state index is -4.88. The summed E-state index contributed by atoms with van der Waals surface area (Å²) < 4.78 is 96.6. The number of carbonyl (C=O) groups excluding carboxylic acids is 1. The molecule has 4 aromatic carbocycles. The van der Waals surface area contributed by atoms with Crippen LogP contribution in [0, 0.1) is 0 Å². The van der Waals surface area contributed by atoms with E-state index in [2.05, 4.69) is 14.8 Å². The van der Waals surface area contributed by atoms with Gasteiger partial charge in [-0.1, -0.05) is 43.3 Å². The van der Waals surface area contributed by atoms with Gasteiger partial charge in [-0.25, -0.2) is 0 Å². The largest absolute Gasteiger partial charge is 0.573 e. The number of carbonyl (C=O) groups is 2. The molecule has 4 aromatic rings. The van der Waals surface area contributed by atoms with Gasteiger partial charge in [-0.05, 0) is 71.6 Å². The minimum Gasteiger partial charge on any atom is -0.493 e. The second-order valence-corrected chi connectivity index (χ2v) is 10.2. The van der Waals surface area contributed by atoms with Crippen molar-refractivity contribution in [3.05, 3.63) is 96.1 Å². The van der Waals surface area contributed by atoms with Crippen LogP contribution in [0.4, 0.5) is 26.3 Å². The van der Waals surface area contributed by atoms with Crippen LogP contribution in [-0.4, -0.2) is 42.9 Å². The summed E-state index contributed by atoms with van der Waals surface area (Å²) in [4.78, 5) is 23.0. The van der Waals surface area contributed by atoms with Crippen LogP contribution in [0.3, 0.4) is 0 Å². The highest BCUT2D eigenvalue weighted by Crippen LogP contribution is 2.42. The minimum absolute atomic E-state index is 0.0177. The highest BCUT2D eigenvalue weighted by atomic mass is 19.4. The molecule has 0 saturated carbocycles. The molecule has 14 heteroatoms. The number of nitrogens with one attached hydrogen (secondary N) is 1. The monoisotopic (exact) mass is 677 g/mol. The Morgan fingerprint density at radius 3 is 1.62 bits per heavy atom. The number of hydrogen-bond acceptors (Lipinski definition) is 6. The lowest BCUT2D eigenvalue weighted by molar-refractivity contribution is -0.275. The van der Waals surface area contributed by atoms with E-state index in [-0.39, 0.29) is 31.9 Å². The van der Waals surface area contributed by atoms with Crippen LogP contribution in [-0.2, 0) is 11.4 Å². The molecule has 0 radical (unpaired) electrons. The standard InChI is InChI=1S/C34H29F6NO7/c1-2-17-45-29-18-28(23-9-13-26(14-10-23)48-34(38,39)40)30(19-27(29)22-7-11-25(12-8-22)47-33(35,36)37)46-20-21-3-5-24(6-4-21)32(44)41-16-15-31(42)43/h3-14,18-19H,2,15-17,20H2,1H3,(H,41,44)(H,42,43). The maximum absolute atomic E-state index is 12.8. The number of hydrogen-bond donors (Lipinski definition) is 2. The van der Waals surface area contributed by atoms with Gasteiger partial charge in [0.2, 0.25) is 0 Å². The fourth-order valence-electron chi connectivity index (χ4n) is 4.43. The van der Waals surface area contributed by atoms with Crippen molar-refractivity contribution in [1.82, 2.24) is 5.32 Å². The van der Waals surface area contributed by atoms with Crippen molar-refractivity contribution < 1.29 is 60.0 Å². The zero-order valence-corrected chi connectivity index (χ0v) is 25.3. The molecule has 0 aliphatic heterocycles. The molecule has 2 N–H and O–H groups in total. The highest BCUT2D eigenvalue weighted by molar-refractivity contribution is 5.94. The van der Waals surface area contributed by atoms with Crippen molar-refractivity contribution in [2.75, 3.05) is 13.2 Å². The Hall–Kier alpha value is -5.40. The maximum atomic E-state index is 12.8. The highest BCUT2D eigenvalue weighted by Gasteiger charge is 2.32. The van der Waals surface area contributed by atoms with E-state index in [1.165, 1.54) is 36.4 Å². The maximum Gasteiger partial charge on any atom is 0.573 e. The Kier molecular flexibility index (Phi) is 11.4. The molecular weight excluding hydrogens is 648 g/mol. The Labute approximate surface area is 270 Å². The number of amides is 1. The number of halogens is 6. The number of ether oxygens (including phenoxy) is 4. The van der Waals surface area contributed by atoms with Crippen molar-refractivity contribution in [3.8, 4) is 45.3 Å². The number of aliphatic carboxylic acids is 1. The predicted molar refractivity (Wildman–Crippen MR) is 162 cm³/mol. The van der Waals surface area contributed by atoms with Crippen molar-refractivity contribution in [2.45, 2.75) is 39.1 Å². The molecule has 0 aliphatic rings. The van der Waals surface area contributed by atoms with E-state index < -0.39 is 36.1 Å². The van der Waals surface area contributed by atoms with E-state index in [0.717, 1.165) is 24.3 Å². The summed E-state index contributed by atoms with van der Waals surface area (Å²) in [6.07, 6.45) is -9.35. The molecular formula is C34H29F6NO7. The third-order valence-corrected chi connectivity index (χ3v) is 6.58. The average molecular weight is 678 g/mol. The molecule has 0 atom stereocenters. The van der Waals surface area contributed by atoms with Crippen LogP contribution in [0.2, 0.25) is 0 Å². The Bertz CT molecular complexity index is 1690. The number of rotatable bonds is 14. The van der Waals surface area contributed by atoms with Gasteiger partial charge in [-0.3, -0.25) is 9.59 Å². The summed E-state index contributed by atoms with van der Waals surface area (Å²) in [5, 5.41) is 11.3. The fraction of sp³-hybridized carbons (Fsp3) is 0.235. The molecule has 0 spiro atoms. The van der Waals surface area contributed by atoms with Crippen LogP contribution in [0.25, 0.3) is 22.3 Å². The first-order chi connectivity index (χ1) is 22.7. The Morgan fingerprint density at radius 1 is 0.708 bits per heavy atom. The first-order valence-corrected chi connectivity index (χ1v) is 14.5. The van der Waals surface area contributed by atoms with Gasteiger partial charge in [0, 0.05) is 23.2 Å². The lowest BCUT2D eigenvalue weighted by Gasteiger charge is -2.19. The SMILES string of the molecule is CCCOc1cc(-c2ccc(OC(F)(F)F)cc2)c(OCc2ccc(C(=O)NCCC(=O)O)cc2)cc1-c1ccc(OC(F)(F)F)cc1. The van der Waals surface area contributed by atoms with Gasteiger partial charge in [-0.2, -0.15) is 0 Å². The van der Waals surface area contributed by atoms with Crippen LogP contribution >= 0.6 is 0 Å². The zero-order valence-electron chi connectivity index (χ0n) is 25.3. The van der Waals surface area contributed by atoms with Crippen molar-refractivity contribution >= 4 is 11.9 Å². The number of carboxylic acids is 1. The average Bonchev–Trinajstić information content (AvgIpc) is 3.02. The summed E-state index contributed by atoms with van der Waals surface area (Å²) in [5.74, 6) is -1.74. The van der Waals surface area contributed by atoms with E-state index in [9.17, 15) is 35.9 Å². The smallest absolute Gasteiger partial charge is 0.493 e. The predicted octanol–water partition coefficient (Wildman–Crippen LogP) is 8.39. The molecule has 8 nitrogen and oxygen atoms in total. The quantitative estimate of drug-likeness (QED) is 0.129. The van der Waals surface area contributed by atoms with Gasteiger partial charge < -0.3 is 29.4 Å². The topological polar surface area (TPSA) is 103 Å². The fourth-order valence-corrected chi connectivity index (χ4v) is 4.43. The molecule has 254 valence electrons. The molecule has 0 aliphatic carbocycles. The molecule has 0 fully saturated rings. The summed E-state index contributed by atoms with van der Waals surface area (Å²) >= 11 is 0. The normalized spacial score (nSPS) is 11.5. The summed E-state index contributed by atoms with van der Waals surface area (Å²) in [5.41, 5.74) is 2.76. The summed E-state index contributed by atoms with van der Waals surface area (Å²) in [7, 11) is 0. The molecule has 48 heavy (non-hydrogen) atoms. The van der Waals surface area contributed by atoms with E-state index in [1.807, 2.05) is 6.92 Å². The van der Waals surface area contributed by atoms with Gasteiger partial charge >= 0.3 is 18.7 Å². The number of carboxylic acid groups (broad SMARTS) is 1. The lowest BCUT2D eigenvalue weighted by atomic mass is 9.97. The van der Waals surface area contributed by atoms with Gasteiger partial charge in [0.05, 0.1) is 13.0 Å². The molecule has 0 bridgehead atoms. The first-order valence-electron chi connectivity index (χ1n) is 14.5. The molecule has 0 heterocycles. The van der Waals surface area contributed by atoms with Crippen molar-refractivity contribution in [3.63, 3.8) is 0 Å². The number of benzene rings is 4. The van der Waals surface area contributed by atoms with Crippen LogP contribution in [0.5, 0.6) is 23.0 Å². The van der Waals surface area contributed by atoms with E-state index >= 15 is 0 Å². The van der Waals surface area contributed by atoms with E-state index in [0.29, 0.717) is 45.6 Å². The van der Waals surface area contributed by atoms with Crippen LogP contribution in [0.15, 0.2) is 84.9 Å². The van der Waals surface area contributed by atoms with Gasteiger partial charge in [0.25, 0.3) is 5.91 Å². The van der Waals surface area contributed by atoms with E-state index in [1.54, 1.807) is 24.3 Å². The second kappa shape index (κ2) is 15.5. The lowest BCUT2D eigenvalue weighted by Crippen LogP contribution is -2.25. The number of alkyl halides is 6. The van der Waals surface area contributed by atoms with Gasteiger partial charge in [0.15, 0.2) is 0 Å². The Balaban J connectivity index is 1.68. The van der Waals surface area contributed by atoms with Crippen LogP contribution < -0.4 is 24.3 Å². The molecule has 0 unspecified atom stereocenters. The van der Waals surface area contributed by atoms with Gasteiger partial charge in [0.1, 0.15) is 29.6 Å². The van der Waals surface area contributed by atoms with Gasteiger partial charge in [-0.15, -0.1) is 26.3 Å². The zero-order chi connectivity index (χ0) is 34.9. The van der Waals surface area contributed by atoms with E-state index in [4.69, 9.17) is 14.6 Å². The van der Waals surface area contributed by atoms with Crippen molar-refractivity contribution in [2.24, 2.45) is 0 Å². The van der Waals surface area contributed by atoms with Crippen LogP contribution in [0.1, 0.15) is 35.7 Å². The second-order valence-electron chi connectivity index (χ2n) is 10.2.